The Morgan fingerprint density at radius 3 is 1.62 bits per heavy atom. The molecule has 0 rings (SSSR count). The Labute approximate surface area is 107 Å². The second-order valence-electron chi connectivity index (χ2n) is 7.70. The zero-order chi connectivity index (χ0) is 13.4. The highest BCUT2D eigenvalue weighted by molar-refractivity contribution is 6.92. The smallest absolute Gasteiger partial charge is 0.170 e. The second kappa shape index (κ2) is 5.08. The average molecular weight is 277 g/mol. The summed E-state index contributed by atoms with van der Waals surface area (Å²) in [5, 5.41) is 1.33. The summed E-state index contributed by atoms with van der Waals surface area (Å²) in [4.78, 5) is 0. The molecule has 0 aromatic rings. The van der Waals surface area contributed by atoms with Crippen molar-refractivity contribution in [3.8, 4) is 0 Å². The van der Waals surface area contributed by atoms with Crippen molar-refractivity contribution in [2.45, 2.75) is 77.2 Å². The summed E-state index contributed by atoms with van der Waals surface area (Å²) in [6, 6.07) is 0. The summed E-state index contributed by atoms with van der Waals surface area (Å²) in [5.74, 6) is 0. The van der Waals surface area contributed by atoms with Gasteiger partial charge in [-0.3, -0.25) is 0 Å². The Kier molecular flexibility index (Phi) is 5.27. The summed E-state index contributed by atoms with van der Waals surface area (Å²) in [6.07, 6.45) is 0. The van der Waals surface area contributed by atoms with E-state index in [0.29, 0.717) is 5.04 Å². The van der Waals surface area contributed by atoms with Crippen molar-refractivity contribution in [1.82, 2.24) is 0 Å². The lowest BCUT2D eigenvalue weighted by atomic mass is 10.2. The van der Waals surface area contributed by atoms with Crippen LogP contribution in [0.15, 0.2) is 0 Å². The minimum Gasteiger partial charge on any atom is -0.458 e. The maximum absolute atomic E-state index is 6.39. The van der Waals surface area contributed by atoms with Crippen LogP contribution < -0.4 is 0 Å². The molecule has 0 bridgehead atoms. The normalized spacial score (nSPS) is 18.4. The fraction of sp³-hybridized carbons (Fsp3) is 1.00. The van der Waals surface area contributed by atoms with Crippen LogP contribution in [-0.4, -0.2) is 25.4 Å². The highest BCUT2D eigenvalue weighted by Gasteiger charge is 2.43. The summed E-state index contributed by atoms with van der Waals surface area (Å²) < 4.78 is 6.39. The quantitative estimate of drug-likeness (QED) is 0.680. The van der Waals surface area contributed by atoms with E-state index in [1.807, 2.05) is 0 Å². The molecule has 4 heteroatoms. The maximum atomic E-state index is 6.39. The molecule has 0 heterocycles. The molecule has 0 radical (unpaired) electrons. The first kappa shape index (κ1) is 16.6. The van der Waals surface area contributed by atoms with E-state index in [4.69, 9.17) is 4.12 Å². The lowest BCUT2D eigenvalue weighted by Crippen LogP contribution is -2.49. The number of rotatable bonds is 4. The van der Waals surface area contributed by atoms with Crippen LogP contribution in [0.2, 0.25) is 49.5 Å². The maximum Gasteiger partial charge on any atom is 0.170 e. The van der Waals surface area contributed by atoms with Crippen molar-refractivity contribution in [3.63, 3.8) is 0 Å². The van der Waals surface area contributed by atoms with E-state index in [2.05, 4.69) is 67.0 Å². The van der Waals surface area contributed by atoms with Gasteiger partial charge in [-0.1, -0.05) is 40.8 Å². The molecule has 0 aliphatic rings. The van der Waals surface area contributed by atoms with Crippen molar-refractivity contribution >= 4 is 25.4 Å². The van der Waals surface area contributed by atoms with Gasteiger partial charge in [-0.2, -0.15) is 0 Å². The fourth-order valence-corrected chi connectivity index (χ4v) is 15.4. The monoisotopic (exact) mass is 276 g/mol. The van der Waals surface area contributed by atoms with Crippen molar-refractivity contribution in [3.05, 3.63) is 0 Å². The molecule has 0 aliphatic heterocycles. The predicted molar refractivity (Wildman–Crippen MR) is 84.1 cm³/mol. The van der Waals surface area contributed by atoms with Crippen LogP contribution in [0.5, 0.6) is 0 Å². The van der Waals surface area contributed by atoms with E-state index in [0.717, 1.165) is 5.16 Å². The Balaban J connectivity index is 4.74. The van der Waals surface area contributed by atoms with Crippen molar-refractivity contribution in [1.29, 1.82) is 0 Å². The van der Waals surface area contributed by atoms with Gasteiger partial charge in [0.25, 0.3) is 0 Å². The highest BCUT2D eigenvalue weighted by atomic mass is 28.4. The van der Waals surface area contributed by atoms with E-state index < -0.39 is 25.4 Å². The van der Waals surface area contributed by atoms with E-state index in [9.17, 15) is 0 Å². The summed E-state index contributed by atoms with van der Waals surface area (Å²) in [7, 11) is -3.57. The Morgan fingerprint density at radius 1 is 1.00 bits per heavy atom. The third kappa shape index (κ3) is 4.47. The van der Waals surface area contributed by atoms with Crippen LogP contribution in [-0.2, 0) is 4.12 Å². The topological polar surface area (TPSA) is 9.23 Å². The van der Waals surface area contributed by atoms with E-state index in [1.165, 1.54) is 0 Å². The highest BCUT2D eigenvalue weighted by Crippen LogP contribution is 2.44. The zero-order valence-electron chi connectivity index (χ0n) is 13.1. The third-order valence-electron chi connectivity index (χ3n) is 4.31. The molecule has 98 valence electrons. The lowest BCUT2D eigenvalue weighted by molar-refractivity contribution is 0.565. The van der Waals surface area contributed by atoms with E-state index >= 15 is 0 Å². The van der Waals surface area contributed by atoms with Crippen molar-refractivity contribution in [2.75, 3.05) is 0 Å². The molecule has 16 heavy (non-hydrogen) atoms. The predicted octanol–water partition coefficient (Wildman–Crippen LogP) is 4.63. The summed E-state index contributed by atoms with van der Waals surface area (Å²) >= 11 is 0. The molecule has 1 nitrogen and oxygen atoms in total. The Morgan fingerprint density at radius 2 is 1.38 bits per heavy atom. The van der Waals surface area contributed by atoms with Crippen LogP contribution >= 0.6 is 0 Å². The van der Waals surface area contributed by atoms with Crippen LogP contribution in [0.4, 0.5) is 0 Å². The average Bonchev–Trinajstić information content (AvgIpc) is 1.97. The van der Waals surface area contributed by atoms with Crippen LogP contribution in [0, 0.1) is 0 Å². The van der Waals surface area contributed by atoms with Crippen molar-refractivity contribution in [2.24, 2.45) is 0 Å². The molecule has 0 spiro atoms. The molecule has 0 saturated carbocycles. The van der Waals surface area contributed by atoms with Crippen LogP contribution in [0.1, 0.15) is 27.7 Å². The number of hydrogen-bond donors (Lipinski definition) is 0. The van der Waals surface area contributed by atoms with Gasteiger partial charge in [0.15, 0.2) is 17.4 Å². The van der Waals surface area contributed by atoms with E-state index in [1.54, 1.807) is 0 Å². The van der Waals surface area contributed by atoms with Gasteiger partial charge < -0.3 is 4.12 Å². The zero-order valence-corrected chi connectivity index (χ0v) is 16.2. The first-order valence-corrected chi connectivity index (χ1v) is 15.2. The first-order valence-electron chi connectivity index (χ1n) is 6.47. The van der Waals surface area contributed by atoms with Gasteiger partial charge in [0.2, 0.25) is 0 Å². The van der Waals surface area contributed by atoms with Gasteiger partial charge in [0, 0.05) is 0 Å². The van der Waals surface area contributed by atoms with Gasteiger partial charge in [0.05, 0.1) is 8.07 Å². The largest absolute Gasteiger partial charge is 0.458 e. The summed E-state index contributed by atoms with van der Waals surface area (Å²) in [6.45, 7) is 24.1. The molecular weight excluding hydrogens is 244 g/mol. The van der Waals surface area contributed by atoms with Crippen molar-refractivity contribution < 1.29 is 4.12 Å². The summed E-state index contributed by atoms with van der Waals surface area (Å²) in [5.41, 5.74) is 0. The molecule has 0 saturated heterocycles. The standard InChI is InChI=1S/C12H32OSi3/c1-11(14(5)13-15(6,7)8)16(9,10)12(2,3)4/h11,14H,1-10H3. The molecule has 0 aromatic heterocycles. The SMILES string of the molecule is CC([SiH](C)O[Si](C)(C)C)[Si](C)(C)C(C)(C)C. The lowest BCUT2D eigenvalue weighted by Gasteiger charge is -2.44. The molecule has 0 aromatic carbocycles. The minimum atomic E-state index is -1.34. The second-order valence-corrected chi connectivity index (χ2v) is 21.8. The van der Waals surface area contributed by atoms with Gasteiger partial charge in [-0.25, -0.2) is 0 Å². The van der Waals surface area contributed by atoms with Gasteiger partial charge >= 0.3 is 0 Å². The Bertz CT molecular complexity index is 225. The van der Waals surface area contributed by atoms with Crippen LogP contribution in [0.3, 0.4) is 0 Å². The molecule has 0 amide bonds. The van der Waals surface area contributed by atoms with Gasteiger partial charge in [-0.05, 0) is 36.4 Å². The molecule has 0 N–H and O–H groups in total. The first-order chi connectivity index (χ1) is 6.79. The fourth-order valence-electron chi connectivity index (χ4n) is 1.93. The van der Waals surface area contributed by atoms with Gasteiger partial charge in [-0.15, -0.1) is 0 Å². The van der Waals surface area contributed by atoms with E-state index in [-0.39, 0.29) is 0 Å². The van der Waals surface area contributed by atoms with Gasteiger partial charge in [0.1, 0.15) is 0 Å². The molecule has 0 aliphatic carbocycles. The molecule has 2 atom stereocenters. The molecular formula is C12H32OSi3. The molecule has 0 fully saturated rings. The minimum absolute atomic E-state index is 0.483. The third-order valence-corrected chi connectivity index (χ3v) is 20.1. The molecule has 2 unspecified atom stereocenters. The van der Waals surface area contributed by atoms with Crippen LogP contribution in [0.25, 0.3) is 0 Å². The number of hydrogen-bond acceptors (Lipinski definition) is 1. The Hall–Kier alpha value is 0.611.